The van der Waals surface area contributed by atoms with E-state index in [0.717, 1.165) is 24.7 Å². The third-order valence-corrected chi connectivity index (χ3v) is 10.6. The van der Waals surface area contributed by atoms with E-state index in [1.165, 1.54) is 63.7 Å². The van der Waals surface area contributed by atoms with E-state index >= 15 is 0 Å². The van der Waals surface area contributed by atoms with E-state index in [1.807, 2.05) is 0 Å². The molecule has 0 spiro atoms. The minimum absolute atomic E-state index is 0.106. The molecule has 1 N–H and O–H groups in total. The van der Waals surface area contributed by atoms with Gasteiger partial charge in [0.15, 0.2) is 0 Å². The zero-order valence-electron chi connectivity index (χ0n) is 20.7. The van der Waals surface area contributed by atoms with Crippen molar-refractivity contribution in [3.8, 4) is 0 Å². The summed E-state index contributed by atoms with van der Waals surface area (Å²) in [5.41, 5.74) is 5.31. The van der Waals surface area contributed by atoms with E-state index in [-0.39, 0.29) is 16.9 Å². The van der Waals surface area contributed by atoms with Crippen molar-refractivity contribution < 1.29 is 5.11 Å². The Morgan fingerprint density at radius 1 is 1.00 bits per heavy atom. The summed E-state index contributed by atoms with van der Waals surface area (Å²) in [5.74, 6) is 2.19. The van der Waals surface area contributed by atoms with Gasteiger partial charge >= 0.3 is 0 Å². The van der Waals surface area contributed by atoms with Crippen LogP contribution in [0.4, 0.5) is 0 Å². The van der Waals surface area contributed by atoms with Gasteiger partial charge in [-0.05, 0) is 97.8 Å². The molecular formula is C29H45NO. The molecular weight excluding hydrogens is 378 g/mol. The maximum absolute atomic E-state index is 10.7. The van der Waals surface area contributed by atoms with E-state index < -0.39 is 0 Å². The molecule has 5 aliphatic rings. The fraction of sp³-hybridized carbons (Fsp3) is 0.793. The summed E-state index contributed by atoms with van der Waals surface area (Å²) in [6.45, 7) is 16.1. The van der Waals surface area contributed by atoms with Crippen molar-refractivity contribution >= 4 is 0 Å². The smallest absolute Gasteiger partial charge is 0.0628 e. The largest absolute Gasteiger partial charge is 0.392 e. The zero-order chi connectivity index (χ0) is 22.0. The standard InChI is InChI=1S/C29H45NO/c1-20(19-30-17-7-6-8-18-30)22-10-11-23-21-9-12-25-27(2,3)26(31)14-16-29(25,5)24(21)13-15-28(22,23)4/h9,11-12,20,22,24,26,31H,6-8,10,13-19H2,1-5H3/t20-,22-,24?,26+,28-,29-/m1/s1. The Bertz CT molecular complexity index is 813. The highest BCUT2D eigenvalue weighted by molar-refractivity contribution is 5.52. The molecule has 2 nitrogen and oxygen atoms in total. The summed E-state index contributed by atoms with van der Waals surface area (Å²) < 4.78 is 0. The fourth-order valence-corrected chi connectivity index (χ4v) is 8.69. The predicted molar refractivity (Wildman–Crippen MR) is 130 cm³/mol. The van der Waals surface area contributed by atoms with Crippen LogP contribution in [0, 0.1) is 34.0 Å². The highest BCUT2D eigenvalue weighted by atomic mass is 16.3. The van der Waals surface area contributed by atoms with Crippen LogP contribution in [0.5, 0.6) is 0 Å². The molecule has 0 radical (unpaired) electrons. The molecule has 1 saturated heterocycles. The van der Waals surface area contributed by atoms with Crippen molar-refractivity contribution in [3.05, 3.63) is 34.9 Å². The molecule has 0 amide bonds. The van der Waals surface area contributed by atoms with Gasteiger partial charge in [0, 0.05) is 12.0 Å². The third-order valence-electron chi connectivity index (χ3n) is 10.6. The van der Waals surface area contributed by atoms with Crippen LogP contribution < -0.4 is 0 Å². The maximum atomic E-state index is 10.7. The number of rotatable bonds is 3. The van der Waals surface area contributed by atoms with E-state index in [0.29, 0.717) is 11.3 Å². The lowest BCUT2D eigenvalue weighted by Gasteiger charge is -2.57. The van der Waals surface area contributed by atoms with Crippen LogP contribution >= 0.6 is 0 Å². The lowest BCUT2D eigenvalue weighted by Crippen LogP contribution is -2.50. The van der Waals surface area contributed by atoms with Crippen LogP contribution in [-0.4, -0.2) is 35.7 Å². The molecule has 2 heteroatoms. The zero-order valence-corrected chi connectivity index (χ0v) is 20.7. The monoisotopic (exact) mass is 423 g/mol. The lowest BCUT2D eigenvalue weighted by molar-refractivity contribution is -0.00666. The Morgan fingerprint density at radius 3 is 2.45 bits per heavy atom. The Morgan fingerprint density at radius 2 is 1.71 bits per heavy atom. The van der Waals surface area contributed by atoms with Gasteiger partial charge in [0.25, 0.3) is 0 Å². The van der Waals surface area contributed by atoms with Gasteiger partial charge < -0.3 is 10.0 Å². The first-order valence-corrected chi connectivity index (χ1v) is 13.2. The summed E-state index contributed by atoms with van der Waals surface area (Å²) in [4.78, 5) is 2.74. The Balaban J connectivity index is 1.41. The number of piperidine rings is 1. The van der Waals surface area contributed by atoms with Crippen LogP contribution in [0.2, 0.25) is 0 Å². The molecule has 1 heterocycles. The van der Waals surface area contributed by atoms with Crippen molar-refractivity contribution in [2.45, 2.75) is 92.1 Å². The van der Waals surface area contributed by atoms with Gasteiger partial charge in [-0.3, -0.25) is 0 Å². The summed E-state index contributed by atoms with van der Waals surface area (Å²) in [6.07, 6.45) is 17.5. The Labute approximate surface area is 190 Å². The average molecular weight is 424 g/mol. The first-order valence-electron chi connectivity index (χ1n) is 13.2. The van der Waals surface area contributed by atoms with Gasteiger partial charge in [0.05, 0.1) is 6.10 Å². The number of hydrogen-bond donors (Lipinski definition) is 1. The first kappa shape index (κ1) is 22.0. The second-order valence-electron chi connectivity index (χ2n) is 12.7. The number of nitrogens with zero attached hydrogens (tertiary/aromatic N) is 1. The molecule has 4 aliphatic carbocycles. The molecule has 0 aromatic heterocycles. The molecule has 0 aromatic carbocycles. The van der Waals surface area contributed by atoms with E-state index in [1.54, 1.807) is 11.1 Å². The first-order chi connectivity index (χ1) is 14.7. The van der Waals surface area contributed by atoms with Gasteiger partial charge in [-0.1, -0.05) is 64.8 Å². The second kappa shape index (κ2) is 7.59. The molecule has 2 saturated carbocycles. The van der Waals surface area contributed by atoms with Crippen molar-refractivity contribution in [1.29, 1.82) is 0 Å². The highest BCUT2D eigenvalue weighted by Gasteiger charge is 2.57. The second-order valence-corrected chi connectivity index (χ2v) is 12.7. The van der Waals surface area contributed by atoms with Crippen LogP contribution in [0.15, 0.2) is 34.9 Å². The SMILES string of the molecule is C[C@H](CN1CCCCC1)[C@H]1CC=C2C3=CC=C4C(C)(C)[C@@H](O)CC[C@]4(C)C3CC[C@@]21C. The van der Waals surface area contributed by atoms with E-state index in [4.69, 9.17) is 0 Å². The van der Waals surface area contributed by atoms with Crippen molar-refractivity contribution in [1.82, 2.24) is 4.90 Å². The topological polar surface area (TPSA) is 23.5 Å². The highest BCUT2D eigenvalue weighted by Crippen LogP contribution is 2.66. The minimum Gasteiger partial charge on any atom is -0.392 e. The van der Waals surface area contributed by atoms with E-state index in [9.17, 15) is 5.11 Å². The molecule has 31 heavy (non-hydrogen) atoms. The van der Waals surface area contributed by atoms with Gasteiger partial charge in [-0.2, -0.15) is 0 Å². The van der Waals surface area contributed by atoms with Gasteiger partial charge in [-0.15, -0.1) is 0 Å². The third kappa shape index (κ3) is 3.26. The molecule has 0 bridgehead atoms. The average Bonchev–Trinajstić information content (AvgIpc) is 3.09. The van der Waals surface area contributed by atoms with Crippen molar-refractivity contribution in [2.75, 3.05) is 19.6 Å². The number of aliphatic hydroxyl groups is 1. The van der Waals surface area contributed by atoms with Gasteiger partial charge in [0.2, 0.25) is 0 Å². The summed E-state index contributed by atoms with van der Waals surface area (Å²) >= 11 is 0. The van der Waals surface area contributed by atoms with Gasteiger partial charge in [-0.25, -0.2) is 0 Å². The molecule has 6 atom stereocenters. The number of aliphatic hydroxyl groups excluding tert-OH is 1. The van der Waals surface area contributed by atoms with Crippen LogP contribution in [0.1, 0.15) is 86.0 Å². The van der Waals surface area contributed by atoms with Crippen molar-refractivity contribution in [2.24, 2.45) is 34.0 Å². The maximum Gasteiger partial charge on any atom is 0.0628 e. The quantitative estimate of drug-likeness (QED) is 0.558. The summed E-state index contributed by atoms with van der Waals surface area (Å²) in [6, 6.07) is 0. The Kier molecular flexibility index (Phi) is 5.38. The molecule has 5 rings (SSSR count). The molecule has 3 fully saturated rings. The minimum atomic E-state index is -0.207. The molecule has 1 aliphatic heterocycles. The normalized spacial score (nSPS) is 43.2. The summed E-state index contributed by atoms with van der Waals surface area (Å²) in [7, 11) is 0. The molecule has 172 valence electrons. The fourth-order valence-electron chi connectivity index (χ4n) is 8.69. The molecule has 0 aromatic rings. The molecule has 1 unspecified atom stereocenters. The van der Waals surface area contributed by atoms with Crippen LogP contribution in [-0.2, 0) is 0 Å². The van der Waals surface area contributed by atoms with Crippen LogP contribution in [0.25, 0.3) is 0 Å². The van der Waals surface area contributed by atoms with E-state index in [2.05, 4.69) is 57.7 Å². The number of hydrogen-bond acceptors (Lipinski definition) is 2. The predicted octanol–water partition coefficient (Wildman–Crippen LogP) is 6.52. The van der Waals surface area contributed by atoms with Crippen molar-refractivity contribution in [3.63, 3.8) is 0 Å². The Hall–Kier alpha value is -0.860. The lowest BCUT2D eigenvalue weighted by atomic mass is 9.47. The number of fused-ring (bicyclic) bond motifs is 5. The number of allylic oxidation sites excluding steroid dienone is 5. The van der Waals surface area contributed by atoms with Crippen LogP contribution in [0.3, 0.4) is 0 Å². The number of likely N-dealkylation sites (tertiary alicyclic amines) is 1. The van der Waals surface area contributed by atoms with Gasteiger partial charge in [0.1, 0.15) is 0 Å². The summed E-state index contributed by atoms with van der Waals surface area (Å²) in [5, 5.41) is 10.7.